The first-order valence-electron chi connectivity index (χ1n) is 7.00. The summed E-state index contributed by atoms with van der Waals surface area (Å²) in [5, 5.41) is 2.93. The maximum Gasteiger partial charge on any atom is 0.231 e. The molecule has 2 aliphatic rings. The van der Waals surface area contributed by atoms with Gasteiger partial charge in [-0.15, -0.1) is 0 Å². The number of carbonyl (C=O) groups is 1. The highest BCUT2D eigenvalue weighted by Crippen LogP contribution is 2.44. The summed E-state index contributed by atoms with van der Waals surface area (Å²) in [5.74, 6) is 1.54. The number of fused-ring (bicyclic) bond motifs is 2. The fourth-order valence-corrected chi connectivity index (χ4v) is 3.04. The van der Waals surface area contributed by atoms with Crippen molar-refractivity contribution in [3.63, 3.8) is 0 Å². The van der Waals surface area contributed by atoms with Crippen molar-refractivity contribution in [2.24, 2.45) is 0 Å². The minimum Gasteiger partial charge on any atom is -0.454 e. The van der Waals surface area contributed by atoms with E-state index in [-0.39, 0.29) is 18.6 Å². The highest BCUT2D eigenvalue weighted by molar-refractivity contribution is 5.96. The van der Waals surface area contributed by atoms with Crippen molar-refractivity contribution in [2.45, 2.75) is 19.3 Å². The molecular formula is C17H15NO3. The van der Waals surface area contributed by atoms with Crippen molar-refractivity contribution >= 4 is 11.6 Å². The van der Waals surface area contributed by atoms with Crippen molar-refractivity contribution in [2.75, 3.05) is 12.1 Å². The van der Waals surface area contributed by atoms with Crippen LogP contribution in [0.3, 0.4) is 0 Å². The molecule has 4 heteroatoms. The Balaban J connectivity index is 1.85. The molecule has 106 valence electrons. The predicted molar refractivity (Wildman–Crippen MR) is 78.8 cm³/mol. The normalized spacial score (nSPS) is 19.1. The topological polar surface area (TPSA) is 47.6 Å². The van der Waals surface area contributed by atoms with Crippen LogP contribution in [-0.4, -0.2) is 12.7 Å². The van der Waals surface area contributed by atoms with Crippen LogP contribution in [0.4, 0.5) is 5.69 Å². The van der Waals surface area contributed by atoms with Gasteiger partial charge in [-0.2, -0.15) is 0 Å². The standard InChI is InChI=1S/C17H15NO3/c1-10-3-2-4-11(5-10)12-7-17(19)18-14-8-16-15(6-13(12)14)20-9-21-16/h2-6,8,12H,7,9H2,1H3,(H,18,19)/t12-/m1/s1. The van der Waals surface area contributed by atoms with Gasteiger partial charge in [0.1, 0.15) is 0 Å². The molecule has 2 aromatic carbocycles. The Morgan fingerprint density at radius 2 is 1.95 bits per heavy atom. The van der Waals surface area contributed by atoms with Crippen LogP contribution in [0.2, 0.25) is 0 Å². The number of hydrogen-bond acceptors (Lipinski definition) is 3. The quantitative estimate of drug-likeness (QED) is 0.873. The summed E-state index contributed by atoms with van der Waals surface area (Å²) in [4.78, 5) is 12.0. The Labute approximate surface area is 122 Å². The molecule has 0 fully saturated rings. The number of hydrogen-bond donors (Lipinski definition) is 1. The zero-order chi connectivity index (χ0) is 14.4. The number of anilines is 1. The molecule has 0 unspecified atom stereocenters. The number of amides is 1. The second kappa shape index (κ2) is 4.52. The molecular weight excluding hydrogens is 266 g/mol. The van der Waals surface area contributed by atoms with Crippen LogP contribution < -0.4 is 14.8 Å². The van der Waals surface area contributed by atoms with Crippen molar-refractivity contribution in [3.05, 3.63) is 53.1 Å². The molecule has 2 aromatic rings. The average Bonchev–Trinajstić information content (AvgIpc) is 2.91. The lowest BCUT2D eigenvalue weighted by Crippen LogP contribution is -2.23. The van der Waals surface area contributed by atoms with Gasteiger partial charge in [0.15, 0.2) is 11.5 Å². The van der Waals surface area contributed by atoms with Gasteiger partial charge in [-0.3, -0.25) is 4.79 Å². The van der Waals surface area contributed by atoms with Crippen LogP contribution in [0.25, 0.3) is 0 Å². The summed E-state index contributed by atoms with van der Waals surface area (Å²) in [7, 11) is 0. The van der Waals surface area contributed by atoms with Gasteiger partial charge in [-0.25, -0.2) is 0 Å². The first-order valence-corrected chi connectivity index (χ1v) is 7.00. The van der Waals surface area contributed by atoms with Gasteiger partial charge >= 0.3 is 0 Å². The minimum atomic E-state index is 0.0351. The number of rotatable bonds is 1. The summed E-state index contributed by atoms with van der Waals surface area (Å²) in [6.07, 6.45) is 0.454. The van der Waals surface area contributed by atoms with Crippen molar-refractivity contribution in [3.8, 4) is 11.5 Å². The molecule has 1 atom stereocenters. The molecule has 0 aliphatic carbocycles. The molecule has 2 aliphatic heterocycles. The Kier molecular flexibility index (Phi) is 2.64. The van der Waals surface area contributed by atoms with E-state index < -0.39 is 0 Å². The molecule has 0 aromatic heterocycles. The first kappa shape index (κ1) is 12.3. The van der Waals surface area contributed by atoms with Crippen LogP contribution in [0, 0.1) is 6.92 Å². The zero-order valence-corrected chi connectivity index (χ0v) is 11.7. The third-order valence-electron chi connectivity index (χ3n) is 4.03. The second-order valence-electron chi connectivity index (χ2n) is 5.51. The number of aryl methyl sites for hydroxylation is 1. The third-order valence-corrected chi connectivity index (χ3v) is 4.03. The summed E-state index contributed by atoms with van der Waals surface area (Å²) < 4.78 is 10.9. The number of carbonyl (C=O) groups excluding carboxylic acids is 1. The van der Waals surface area contributed by atoms with E-state index in [2.05, 4.69) is 30.4 Å². The fourth-order valence-electron chi connectivity index (χ4n) is 3.04. The Bertz CT molecular complexity index is 739. The molecule has 1 amide bonds. The fraction of sp³-hybridized carbons (Fsp3) is 0.235. The van der Waals surface area contributed by atoms with E-state index in [1.54, 1.807) is 0 Å². The highest BCUT2D eigenvalue weighted by Gasteiger charge is 2.29. The van der Waals surface area contributed by atoms with Crippen molar-refractivity contribution < 1.29 is 14.3 Å². The molecule has 0 bridgehead atoms. The maximum atomic E-state index is 12.0. The molecule has 0 saturated carbocycles. The van der Waals surface area contributed by atoms with E-state index in [4.69, 9.17) is 9.47 Å². The number of benzene rings is 2. The summed E-state index contributed by atoms with van der Waals surface area (Å²) in [6.45, 7) is 2.30. The van der Waals surface area contributed by atoms with Gasteiger partial charge in [-0.1, -0.05) is 29.8 Å². The van der Waals surface area contributed by atoms with Gasteiger partial charge in [-0.05, 0) is 24.1 Å². The van der Waals surface area contributed by atoms with Gasteiger partial charge in [0, 0.05) is 24.1 Å². The smallest absolute Gasteiger partial charge is 0.231 e. The average molecular weight is 281 g/mol. The Morgan fingerprint density at radius 3 is 2.76 bits per heavy atom. The lowest BCUT2D eigenvalue weighted by Gasteiger charge is -2.26. The van der Waals surface area contributed by atoms with Crippen LogP contribution in [0.15, 0.2) is 36.4 Å². The maximum absolute atomic E-state index is 12.0. The zero-order valence-electron chi connectivity index (χ0n) is 11.7. The van der Waals surface area contributed by atoms with E-state index in [0.29, 0.717) is 12.2 Å². The molecule has 0 radical (unpaired) electrons. The summed E-state index contributed by atoms with van der Waals surface area (Å²) >= 11 is 0. The monoisotopic (exact) mass is 281 g/mol. The second-order valence-corrected chi connectivity index (χ2v) is 5.51. The third kappa shape index (κ3) is 2.03. The van der Waals surface area contributed by atoms with Crippen molar-refractivity contribution in [1.82, 2.24) is 0 Å². The molecule has 4 rings (SSSR count). The van der Waals surface area contributed by atoms with E-state index in [1.807, 2.05) is 18.2 Å². The van der Waals surface area contributed by atoms with Crippen LogP contribution in [-0.2, 0) is 4.79 Å². The number of ether oxygens (including phenoxy) is 2. The van der Waals surface area contributed by atoms with Gasteiger partial charge in [0.05, 0.1) is 0 Å². The van der Waals surface area contributed by atoms with Gasteiger partial charge < -0.3 is 14.8 Å². The first-order chi connectivity index (χ1) is 10.2. The lowest BCUT2D eigenvalue weighted by molar-refractivity contribution is -0.116. The lowest BCUT2D eigenvalue weighted by atomic mass is 9.84. The predicted octanol–water partition coefficient (Wildman–Crippen LogP) is 3.20. The summed E-state index contributed by atoms with van der Waals surface area (Å²) in [5.41, 5.74) is 4.26. The molecule has 0 spiro atoms. The summed E-state index contributed by atoms with van der Waals surface area (Å²) in [6, 6.07) is 12.2. The highest BCUT2D eigenvalue weighted by atomic mass is 16.7. The molecule has 0 saturated heterocycles. The van der Waals surface area contributed by atoms with E-state index in [0.717, 1.165) is 22.6 Å². The molecule has 21 heavy (non-hydrogen) atoms. The van der Waals surface area contributed by atoms with Crippen LogP contribution in [0.5, 0.6) is 11.5 Å². The Hall–Kier alpha value is -2.49. The van der Waals surface area contributed by atoms with Gasteiger partial charge in [0.25, 0.3) is 0 Å². The molecule has 4 nitrogen and oxygen atoms in total. The minimum absolute atomic E-state index is 0.0351. The van der Waals surface area contributed by atoms with E-state index in [1.165, 1.54) is 5.56 Å². The Morgan fingerprint density at radius 1 is 1.14 bits per heavy atom. The molecule has 1 N–H and O–H groups in total. The van der Waals surface area contributed by atoms with Crippen LogP contribution >= 0.6 is 0 Å². The van der Waals surface area contributed by atoms with E-state index >= 15 is 0 Å². The largest absolute Gasteiger partial charge is 0.454 e. The SMILES string of the molecule is Cc1cccc([C@H]2CC(=O)Nc3cc4c(cc32)OCO4)c1. The number of nitrogens with one attached hydrogen (secondary N) is 1. The van der Waals surface area contributed by atoms with Crippen LogP contribution in [0.1, 0.15) is 29.0 Å². The molecule has 2 heterocycles. The van der Waals surface area contributed by atoms with E-state index in [9.17, 15) is 4.79 Å². The van der Waals surface area contributed by atoms with Gasteiger partial charge in [0.2, 0.25) is 12.7 Å². The van der Waals surface area contributed by atoms with Crippen molar-refractivity contribution in [1.29, 1.82) is 0 Å².